The first-order valence-corrected chi connectivity index (χ1v) is 13.9. The van der Waals surface area contributed by atoms with Crippen LogP contribution in [-0.4, -0.2) is 10.5 Å². The summed E-state index contributed by atoms with van der Waals surface area (Å²) in [6.07, 6.45) is 8.19. The fourth-order valence-electron chi connectivity index (χ4n) is 3.01. The molecule has 0 radical (unpaired) electrons. The third kappa shape index (κ3) is 1.19. The molecular formula is C9H9Cl3Ge. The fourth-order valence-corrected chi connectivity index (χ4v) is 8.40. The fraction of sp³-hybridized carbons (Fsp3) is 0.556. The van der Waals surface area contributed by atoms with Crippen molar-refractivity contribution in [2.45, 2.75) is 6.42 Å². The van der Waals surface area contributed by atoms with E-state index >= 15 is 0 Å². The molecule has 4 heteroatoms. The molecule has 1 fully saturated rings. The molecule has 0 heterocycles. The Hall–Kier alpha value is 0.893. The van der Waals surface area contributed by atoms with Gasteiger partial charge in [0.1, 0.15) is 0 Å². The molecule has 2 bridgehead atoms. The second-order valence-electron chi connectivity index (χ2n) is 4.17. The molecule has 0 saturated heterocycles. The minimum atomic E-state index is -3.04. The molecule has 3 rings (SSSR count). The zero-order chi connectivity index (χ0) is 9.22. The summed E-state index contributed by atoms with van der Waals surface area (Å²) in [6.45, 7) is 0. The van der Waals surface area contributed by atoms with Crippen LogP contribution in [-0.2, 0) is 0 Å². The van der Waals surface area contributed by atoms with Crippen LogP contribution in [0.4, 0.5) is 0 Å². The van der Waals surface area contributed by atoms with Gasteiger partial charge in [-0.15, -0.1) is 0 Å². The molecule has 0 aromatic carbocycles. The summed E-state index contributed by atoms with van der Waals surface area (Å²) in [5.41, 5.74) is 0. The van der Waals surface area contributed by atoms with Crippen LogP contribution >= 0.6 is 30.0 Å². The summed E-state index contributed by atoms with van der Waals surface area (Å²) < 4.78 is 1.21. The number of halogens is 3. The Kier molecular flexibility index (Phi) is 1.91. The summed E-state index contributed by atoms with van der Waals surface area (Å²) in [5.74, 6) is 2.78. The summed E-state index contributed by atoms with van der Waals surface area (Å²) in [7, 11) is 15.2. The van der Waals surface area contributed by atoms with Gasteiger partial charge in [-0.05, 0) is 0 Å². The van der Waals surface area contributed by atoms with Crippen molar-refractivity contribution in [1.82, 2.24) is 0 Å². The van der Waals surface area contributed by atoms with E-state index in [1.54, 1.807) is 0 Å². The van der Waals surface area contributed by atoms with E-state index in [4.69, 9.17) is 30.0 Å². The quantitative estimate of drug-likeness (QED) is 0.513. The topological polar surface area (TPSA) is 0 Å². The molecule has 0 spiro atoms. The molecule has 0 aromatic rings. The number of allylic oxidation sites excluding steroid dienone is 4. The van der Waals surface area contributed by atoms with Crippen molar-refractivity contribution in [3.05, 3.63) is 22.6 Å². The van der Waals surface area contributed by atoms with Crippen molar-refractivity contribution < 1.29 is 0 Å². The maximum atomic E-state index is 6.06. The molecule has 0 amide bonds. The number of rotatable bonds is 1. The molecule has 1 saturated carbocycles. The van der Waals surface area contributed by atoms with Crippen molar-refractivity contribution in [2.75, 3.05) is 0 Å². The second kappa shape index (κ2) is 2.72. The average molecular weight is 296 g/mol. The van der Waals surface area contributed by atoms with E-state index in [0.717, 1.165) is 5.92 Å². The molecule has 4 unspecified atom stereocenters. The first-order valence-electron chi connectivity index (χ1n) is 4.54. The van der Waals surface area contributed by atoms with Crippen molar-refractivity contribution in [1.29, 1.82) is 0 Å². The second-order valence-corrected chi connectivity index (χ2v) is 19.3. The van der Waals surface area contributed by atoms with Crippen LogP contribution in [0.2, 0.25) is 0 Å². The van der Waals surface area contributed by atoms with Gasteiger partial charge in [0.2, 0.25) is 0 Å². The van der Waals surface area contributed by atoms with E-state index in [0.29, 0.717) is 17.8 Å². The monoisotopic (exact) mass is 296 g/mol. The van der Waals surface area contributed by atoms with E-state index in [1.165, 1.54) is 10.8 Å². The van der Waals surface area contributed by atoms with Crippen molar-refractivity contribution in [3.8, 4) is 0 Å². The van der Waals surface area contributed by atoms with Gasteiger partial charge in [0.25, 0.3) is 0 Å². The molecule has 4 atom stereocenters. The van der Waals surface area contributed by atoms with Crippen molar-refractivity contribution in [3.63, 3.8) is 0 Å². The Labute approximate surface area is 92.8 Å². The van der Waals surface area contributed by atoms with Gasteiger partial charge >= 0.3 is 93.2 Å². The van der Waals surface area contributed by atoms with Gasteiger partial charge in [0.05, 0.1) is 0 Å². The van der Waals surface area contributed by atoms with Gasteiger partial charge in [0, 0.05) is 0 Å². The Morgan fingerprint density at radius 1 is 1.15 bits per heavy atom. The first-order chi connectivity index (χ1) is 6.07. The molecule has 3 aliphatic rings. The average Bonchev–Trinajstić information content (AvgIpc) is 2.37. The van der Waals surface area contributed by atoms with E-state index in [-0.39, 0.29) is 0 Å². The van der Waals surface area contributed by atoms with Crippen LogP contribution in [0, 0.1) is 23.7 Å². The predicted molar refractivity (Wildman–Crippen MR) is 59.1 cm³/mol. The molecule has 0 nitrogen and oxygen atoms in total. The maximum absolute atomic E-state index is 6.06. The van der Waals surface area contributed by atoms with Crippen LogP contribution in [0.3, 0.4) is 0 Å². The van der Waals surface area contributed by atoms with Gasteiger partial charge in [-0.2, -0.15) is 0 Å². The number of hydrogen-bond donors (Lipinski definition) is 0. The zero-order valence-electron chi connectivity index (χ0n) is 6.88. The van der Waals surface area contributed by atoms with Gasteiger partial charge in [-0.3, -0.25) is 0 Å². The van der Waals surface area contributed by atoms with Gasteiger partial charge < -0.3 is 0 Å². The normalized spacial score (nSPS) is 45.9. The molecular weight excluding hydrogens is 287 g/mol. The summed E-state index contributed by atoms with van der Waals surface area (Å²) in [4.78, 5) is 0. The van der Waals surface area contributed by atoms with Crippen LogP contribution in [0.1, 0.15) is 6.42 Å². The van der Waals surface area contributed by atoms with Crippen LogP contribution in [0.15, 0.2) is 22.6 Å². The third-order valence-corrected chi connectivity index (χ3v) is 9.40. The summed E-state index contributed by atoms with van der Waals surface area (Å²) in [6, 6.07) is 0. The Balaban J connectivity index is 1.92. The molecule has 3 aliphatic carbocycles. The Morgan fingerprint density at radius 2 is 1.85 bits per heavy atom. The zero-order valence-corrected chi connectivity index (χ0v) is 11.2. The number of hydrogen-bond acceptors (Lipinski definition) is 0. The summed E-state index contributed by atoms with van der Waals surface area (Å²) >= 11 is 0. The van der Waals surface area contributed by atoms with E-state index in [9.17, 15) is 0 Å². The predicted octanol–water partition coefficient (Wildman–Crippen LogP) is 3.56. The number of fused-ring (bicyclic) bond motifs is 5. The minimum absolute atomic E-state index is 0.613. The van der Waals surface area contributed by atoms with Gasteiger partial charge in [-0.25, -0.2) is 0 Å². The third-order valence-electron chi connectivity index (χ3n) is 3.58. The standard InChI is InChI=1S/C9H9Cl3Ge/c10-13(11,12)8-4-7-5-1-2-6(3-5)9(7)8/h1-2,4-7,9H,3H2. The van der Waals surface area contributed by atoms with E-state index < -0.39 is 10.5 Å². The van der Waals surface area contributed by atoms with Gasteiger partial charge in [0.15, 0.2) is 0 Å². The summed E-state index contributed by atoms with van der Waals surface area (Å²) in [5, 5.41) is 0. The van der Waals surface area contributed by atoms with Crippen LogP contribution < -0.4 is 0 Å². The van der Waals surface area contributed by atoms with Crippen LogP contribution in [0.25, 0.3) is 0 Å². The Bertz CT molecular complexity index is 315. The Morgan fingerprint density at radius 3 is 2.46 bits per heavy atom. The van der Waals surface area contributed by atoms with E-state index in [2.05, 4.69) is 18.2 Å². The molecule has 13 heavy (non-hydrogen) atoms. The molecule has 0 N–H and O–H groups in total. The van der Waals surface area contributed by atoms with E-state index in [1.807, 2.05) is 0 Å². The molecule has 0 aromatic heterocycles. The first kappa shape index (κ1) is 9.14. The molecule has 0 aliphatic heterocycles. The SMILES string of the molecule is [Cl][Ge]([Cl])([Cl])[C]1=CC2C3C=CC(C3)C12. The van der Waals surface area contributed by atoms with Gasteiger partial charge in [-0.1, -0.05) is 0 Å². The molecule has 70 valence electrons. The van der Waals surface area contributed by atoms with Crippen molar-refractivity contribution >= 4 is 40.5 Å². The van der Waals surface area contributed by atoms with Crippen molar-refractivity contribution in [2.24, 2.45) is 23.7 Å². The van der Waals surface area contributed by atoms with Crippen LogP contribution in [0.5, 0.6) is 0 Å².